The van der Waals surface area contributed by atoms with Gasteiger partial charge in [0, 0.05) is 6.54 Å². The molecule has 5 nitrogen and oxygen atoms in total. The first-order valence-electron chi connectivity index (χ1n) is 6.15. The molecule has 1 aliphatic heterocycles. The Balaban J connectivity index is 2.25. The van der Waals surface area contributed by atoms with Crippen molar-refractivity contribution in [2.75, 3.05) is 13.2 Å². The van der Waals surface area contributed by atoms with Crippen molar-refractivity contribution in [3.05, 3.63) is 34.9 Å². The largest absolute Gasteiger partial charge is 0.480 e. The van der Waals surface area contributed by atoms with Gasteiger partial charge in [0.1, 0.15) is 6.61 Å². The molecule has 1 aromatic rings. The van der Waals surface area contributed by atoms with Crippen LogP contribution >= 0.6 is 0 Å². The Morgan fingerprint density at radius 1 is 1.47 bits per heavy atom. The number of ether oxygens (including phenoxy) is 1. The zero-order valence-corrected chi connectivity index (χ0v) is 11.0. The molecule has 0 spiro atoms. The van der Waals surface area contributed by atoms with Gasteiger partial charge in [0.15, 0.2) is 6.04 Å². The van der Waals surface area contributed by atoms with E-state index >= 15 is 0 Å². The van der Waals surface area contributed by atoms with Crippen LogP contribution in [0.15, 0.2) is 18.2 Å². The molecule has 1 unspecified atom stereocenters. The van der Waals surface area contributed by atoms with Gasteiger partial charge in [-0.3, -0.25) is 4.79 Å². The van der Waals surface area contributed by atoms with Crippen LogP contribution in [0, 0.1) is 13.8 Å². The van der Waals surface area contributed by atoms with Crippen molar-refractivity contribution in [2.45, 2.75) is 26.4 Å². The monoisotopic (exact) mass is 263 g/mol. The van der Waals surface area contributed by atoms with Crippen molar-refractivity contribution in [3.63, 3.8) is 0 Å². The van der Waals surface area contributed by atoms with Crippen LogP contribution in [0.2, 0.25) is 0 Å². The van der Waals surface area contributed by atoms with Gasteiger partial charge in [0.25, 0.3) is 0 Å². The summed E-state index contributed by atoms with van der Waals surface area (Å²) < 4.78 is 5.01. The highest BCUT2D eigenvalue weighted by molar-refractivity contribution is 5.85. The van der Waals surface area contributed by atoms with Crippen LogP contribution in [0.5, 0.6) is 0 Å². The summed E-state index contributed by atoms with van der Waals surface area (Å²) in [5.74, 6) is -1.31. The summed E-state index contributed by atoms with van der Waals surface area (Å²) in [6.07, 6.45) is 0. The fourth-order valence-electron chi connectivity index (χ4n) is 2.16. The fraction of sp³-hybridized carbons (Fsp3) is 0.429. The molecule has 1 atom stereocenters. The van der Waals surface area contributed by atoms with Crippen molar-refractivity contribution >= 4 is 11.9 Å². The first-order chi connectivity index (χ1) is 8.99. The van der Waals surface area contributed by atoms with Gasteiger partial charge in [-0.15, -0.1) is 0 Å². The van der Waals surface area contributed by atoms with Gasteiger partial charge in [0.05, 0.1) is 6.61 Å². The van der Waals surface area contributed by atoms with Gasteiger partial charge < -0.3 is 14.7 Å². The number of carbonyl (C=O) groups excluding carboxylic acids is 1. The molecule has 1 aromatic carbocycles. The van der Waals surface area contributed by atoms with E-state index < -0.39 is 12.0 Å². The van der Waals surface area contributed by atoms with Gasteiger partial charge in [0.2, 0.25) is 5.91 Å². The van der Waals surface area contributed by atoms with Crippen LogP contribution in [0.1, 0.15) is 16.7 Å². The van der Waals surface area contributed by atoms with Crippen molar-refractivity contribution in [3.8, 4) is 0 Å². The van der Waals surface area contributed by atoms with Gasteiger partial charge in [-0.25, -0.2) is 4.79 Å². The van der Waals surface area contributed by atoms with Crippen LogP contribution in [0.25, 0.3) is 0 Å². The van der Waals surface area contributed by atoms with Gasteiger partial charge >= 0.3 is 5.97 Å². The minimum absolute atomic E-state index is 0.0470. The summed E-state index contributed by atoms with van der Waals surface area (Å²) in [5, 5.41) is 9.15. The molecule has 2 rings (SSSR count). The molecule has 1 N–H and O–H groups in total. The second kappa shape index (κ2) is 5.40. The highest BCUT2D eigenvalue weighted by atomic mass is 16.5. The standard InChI is InChI=1S/C14H17NO4/c1-9-3-4-10(2)11(5-9)6-15-12(14(17)18)7-19-8-13(15)16/h3-5,12H,6-8H2,1-2H3,(H,17,18). The van der Waals surface area contributed by atoms with Crippen LogP contribution < -0.4 is 0 Å². The maximum atomic E-state index is 11.8. The highest BCUT2D eigenvalue weighted by Gasteiger charge is 2.34. The van der Waals surface area contributed by atoms with E-state index in [1.165, 1.54) is 4.90 Å². The number of hydrogen-bond acceptors (Lipinski definition) is 3. The second-order valence-corrected chi connectivity index (χ2v) is 4.82. The zero-order chi connectivity index (χ0) is 14.0. The Labute approximate surface area is 111 Å². The maximum absolute atomic E-state index is 11.8. The number of aliphatic carboxylic acids is 1. The minimum Gasteiger partial charge on any atom is -0.480 e. The molecule has 1 saturated heterocycles. The number of carboxylic acid groups (broad SMARTS) is 1. The van der Waals surface area contributed by atoms with E-state index in [4.69, 9.17) is 9.84 Å². The summed E-state index contributed by atoms with van der Waals surface area (Å²) in [5.41, 5.74) is 3.11. The minimum atomic E-state index is -1.03. The van der Waals surface area contributed by atoms with E-state index in [1.54, 1.807) is 0 Å². The lowest BCUT2D eigenvalue weighted by atomic mass is 10.0. The zero-order valence-electron chi connectivity index (χ0n) is 11.0. The molecular weight excluding hydrogens is 246 g/mol. The molecule has 5 heteroatoms. The SMILES string of the molecule is Cc1ccc(C)c(CN2C(=O)COCC2C(=O)O)c1. The number of rotatable bonds is 3. The van der Waals surface area contributed by atoms with Gasteiger partial charge in [-0.2, -0.15) is 0 Å². The first kappa shape index (κ1) is 13.5. The Bertz CT molecular complexity index is 512. The van der Waals surface area contributed by atoms with Crippen molar-refractivity contribution in [2.24, 2.45) is 0 Å². The summed E-state index contributed by atoms with van der Waals surface area (Å²) in [7, 11) is 0. The summed E-state index contributed by atoms with van der Waals surface area (Å²) >= 11 is 0. The van der Waals surface area contributed by atoms with Crippen molar-refractivity contribution < 1.29 is 19.4 Å². The number of benzene rings is 1. The Kier molecular flexibility index (Phi) is 3.85. The molecule has 1 heterocycles. The molecule has 1 fully saturated rings. The quantitative estimate of drug-likeness (QED) is 0.887. The van der Waals surface area contributed by atoms with Gasteiger partial charge in [-0.1, -0.05) is 23.8 Å². The number of hydrogen-bond donors (Lipinski definition) is 1. The van der Waals surface area contributed by atoms with Crippen LogP contribution in [0.4, 0.5) is 0 Å². The molecule has 0 aromatic heterocycles. The van der Waals surface area contributed by atoms with E-state index in [1.807, 2.05) is 32.0 Å². The molecule has 102 valence electrons. The Morgan fingerprint density at radius 3 is 2.89 bits per heavy atom. The third-order valence-corrected chi connectivity index (χ3v) is 3.33. The lowest BCUT2D eigenvalue weighted by molar-refractivity contribution is -0.163. The average Bonchev–Trinajstić information content (AvgIpc) is 2.35. The number of nitrogens with zero attached hydrogens (tertiary/aromatic N) is 1. The van der Waals surface area contributed by atoms with E-state index in [-0.39, 0.29) is 19.1 Å². The summed E-state index contributed by atoms with van der Waals surface area (Å²) in [6, 6.07) is 5.05. The van der Waals surface area contributed by atoms with Gasteiger partial charge in [-0.05, 0) is 25.0 Å². The van der Waals surface area contributed by atoms with E-state index in [9.17, 15) is 9.59 Å². The van der Waals surface area contributed by atoms with E-state index in [0.717, 1.165) is 16.7 Å². The number of aryl methyl sites for hydroxylation is 2. The molecule has 1 amide bonds. The highest BCUT2D eigenvalue weighted by Crippen LogP contribution is 2.17. The predicted molar refractivity (Wildman–Crippen MR) is 68.7 cm³/mol. The summed E-state index contributed by atoms with van der Waals surface area (Å²) in [4.78, 5) is 24.4. The van der Waals surface area contributed by atoms with Crippen LogP contribution in [-0.2, 0) is 20.9 Å². The normalized spacial score (nSPS) is 19.6. The van der Waals surface area contributed by atoms with Crippen molar-refractivity contribution in [1.29, 1.82) is 0 Å². The number of morpholine rings is 1. The second-order valence-electron chi connectivity index (χ2n) is 4.82. The number of carboxylic acids is 1. The molecule has 0 bridgehead atoms. The fourth-order valence-corrected chi connectivity index (χ4v) is 2.16. The lowest BCUT2D eigenvalue weighted by Gasteiger charge is -2.33. The third kappa shape index (κ3) is 2.93. The molecule has 1 aliphatic rings. The lowest BCUT2D eigenvalue weighted by Crippen LogP contribution is -2.52. The number of amides is 1. The summed E-state index contributed by atoms with van der Waals surface area (Å²) in [6.45, 7) is 4.24. The third-order valence-electron chi connectivity index (χ3n) is 3.33. The van der Waals surface area contributed by atoms with Crippen LogP contribution in [0.3, 0.4) is 0 Å². The molecule has 0 aliphatic carbocycles. The first-order valence-corrected chi connectivity index (χ1v) is 6.15. The molecular formula is C14H17NO4. The predicted octanol–water partition coefficient (Wildman–Crippen LogP) is 1.12. The Hall–Kier alpha value is -1.88. The molecule has 0 saturated carbocycles. The topological polar surface area (TPSA) is 66.8 Å². The van der Waals surface area contributed by atoms with Crippen molar-refractivity contribution in [1.82, 2.24) is 4.90 Å². The molecule has 19 heavy (non-hydrogen) atoms. The maximum Gasteiger partial charge on any atom is 0.328 e. The Morgan fingerprint density at radius 2 is 2.21 bits per heavy atom. The number of carbonyl (C=O) groups is 2. The van der Waals surface area contributed by atoms with E-state index in [0.29, 0.717) is 6.54 Å². The van der Waals surface area contributed by atoms with Crippen LogP contribution in [-0.4, -0.2) is 41.1 Å². The average molecular weight is 263 g/mol. The van der Waals surface area contributed by atoms with E-state index in [2.05, 4.69) is 0 Å². The molecule has 0 radical (unpaired) electrons. The smallest absolute Gasteiger partial charge is 0.328 e.